The average Bonchev–Trinajstić information content (AvgIpc) is 2.63. The number of anilines is 1. The zero-order chi connectivity index (χ0) is 20.2. The van der Waals surface area contributed by atoms with Crippen LogP contribution in [0.5, 0.6) is 5.75 Å². The van der Waals surface area contributed by atoms with E-state index in [0.717, 1.165) is 0 Å². The summed E-state index contributed by atoms with van der Waals surface area (Å²) in [4.78, 5) is 12.1. The molecule has 0 aromatic heterocycles. The summed E-state index contributed by atoms with van der Waals surface area (Å²) in [5.74, 6) is -0.112. The Kier molecular flexibility index (Phi) is 6.73. The quantitative estimate of drug-likeness (QED) is 0.642. The van der Waals surface area contributed by atoms with Crippen LogP contribution in [0.1, 0.15) is 29.8 Å². The highest BCUT2D eigenvalue weighted by Crippen LogP contribution is 2.32. The Morgan fingerprint density at radius 3 is 2.41 bits per heavy atom. The standard InChI is InChI=1S/C19H22ClNO5S/c1-5-21(17-11-14(8-7-13(17)3)19(22)26-6-2)27(23,24)15-9-10-18(25-4)16(20)12-15/h7-12H,5-6H2,1-4H3. The summed E-state index contributed by atoms with van der Waals surface area (Å²) >= 11 is 6.09. The highest BCUT2D eigenvalue weighted by molar-refractivity contribution is 7.92. The maximum Gasteiger partial charge on any atom is 0.338 e. The van der Waals surface area contributed by atoms with Crippen LogP contribution >= 0.6 is 11.6 Å². The summed E-state index contributed by atoms with van der Waals surface area (Å²) in [5.41, 5.74) is 1.42. The van der Waals surface area contributed by atoms with Crippen LogP contribution in [0.15, 0.2) is 41.3 Å². The molecule has 2 rings (SSSR count). The van der Waals surface area contributed by atoms with Crippen LogP contribution in [-0.2, 0) is 14.8 Å². The van der Waals surface area contributed by atoms with Crippen LogP contribution in [0.4, 0.5) is 5.69 Å². The van der Waals surface area contributed by atoms with Gasteiger partial charge in [0.05, 0.1) is 34.9 Å². The summed E-state index contributed by atoms with van der Waals surface area (Å²) in [6.45, 7) is 5.63. The lowest BCUT2D eigenvalue weighted by molar-refractivity contribution is 0.0526. The third-order valence-electron chi connectivity index (χ3n) is 3.99. The Morgan fingerprint density at radius 2 is 1.85 bits per heavy atom. The Labute approximate surface area is 164 Å². The van der Waals surface area contributed by atoms with Crippen molar-refractivity contribution in [1.82, 2.24) is 0 Å². The Hall–Kier alpha value is -2.25. The molecule has 8 heteroatoms. The van der Waals surface area contributed by atoms with E-state index in [0.29, 0.717) is 22.6 Å². The first-order valence-corrected chi connectivity index (χ1v) is 10.2. The number of carbonyl (C=O) groups is 1. The zero-order valence-corrected chi connectivity index (χ0v) is 17.2. The summed E-state index contributed by atoms with van der Waals surface area (Å²) in [6.07, 6.45) is 0. The number of sulfonamides is 1. The summed E-state index contributed by atoms with van der Waals surface area (Å²) in [5, 5.41) is 0.201. The third-order valence-corrected chi connectivity index (χ3v) is 6.17. The number of nitrogens with zero attached hydrogens (tertiary/aromatic N) is 1. The maximum atomic E-state index is 13.2. The Balaban J connectivity index is 2.53. The van der Waals surface area contributed by atoms with E-state index in [4.69, 9.17) is 21.1 Å². The molecule has 6 nitrogen and oxygen atoms in total. The molecule has 0 spiro atoms. The number of ether oxygens (including phenoxy) is 2. The number of benzene rings is 2. The van der Waals surface area contributed by atoms with Gasteiger partial charge in [-0.1, -0.05) is 17.7 Å². The molecule has 0 amide bonds. The van der Waals surface area contributed by atoms with Gasteiger partial charge in [0.2, 0.25) is 0 Å². The fraction of sp³-hybridized carbons (Fsp3) is 0.316. The molecule has 0 saturated heterocycles. The fourth-order valence-corrected chi connectivity index (χ4v) is 4.50. The number of esters is 1. The molecule has 2 aromatic carbocycles. The number of hydrogen-bond donors (Lipinski definition) is 0. The number of carbonyl (C=O) groups excluding carboxylic acids is 1. The van der Waals surface area contributed by atoms with Crippen molar-refractivity contribution in [2.45, 2.75) is 25.7 Å². The molecule has 146 valence electrons. The molecule has 0 aliphatic carbocycles. The van der Waals surface area contributed by atoms with Gasteiger partial charge in [-0.05, 0) is 56.7 Å². The van der Waals surface area contributed by atoms with Crippen LogP contribution in [-0.4, -0.2) is 34.6 Å². The Morgan fingerprint density at radius 1 is 1.15 bits per heavy atom. The minimum absolute atomic E-state index is 0.0380. The molecule has 0 aliphatic heterocycles. The molecule has 2 aromatic rings. The molecule has 0 heterocycles. The molecule has 0 atom stereocenters. The highest BCUT2D eigenvalue weighted by Gasteiger charge is 2.26. The van der Waals surface area contributed by atoms with E-state index in [1.807, 2.05) is 0 Å². The first-order chi connectivity index (χ1) is 12.8. The van der Waals surface area contributed by atoms with E-state index in [-0.39, 0.29) is 23.1 Å². The smallest absolute Gasteiger partial charge is 0.338 e. The normalized spacial score (nSPS) is 11.1. The van der Waals surface area contributed by atoms with Gasteiger partial charge < -0.3 is 9.47 Å². The fourth-order valence-electron chi connectivity index (χ4n) is 2.62. The largest absolute Gasteiger partial charge is 0.495 e. The van der Waals surface area contributed by atoms with Gasteiger partial charge in [0, 0.05) is 6.54 Å². The second-order valence-electron chi connectivity index (χ2n) is 5.69. The van der Waals surface area contributed by atoms with Crippen molar-refractivity contribution in [2.75, 3.05) is 24.6 Å². The van der Waals surface area contributed by atoms with Crippen molar-refractivity contribution in [3.63, 3.8) is 0 Å². The van der Waals surface area contributed by atoms with Crippen molar-refractivity contribution < 1.29 is 22.7 Å². The number of halogens is 1. The predicted octanol–water partition coefficient (Wildman–Crippen LogP) is 4.05. The van der Waals surface area contributed by atoms with E-state index in [1.165, 1.54) is 35.7 Å². The molecule has 0 unspecified atom stereocenters. The molecule has 0 fully saturated rings. The van der Waals surface area contributed by atoms with E-state index in [1.54, 1.807) is 32.9 Å². The zero-order valence-electron chi connectivity index (χ0n) is 15.7. The minimum Gasteiger partial charge on any atom is -0.495 e. The SMILES string of the molecule is CCOC(=O)c1ccc(C)c(N(CC)S(=O)(=O)c2ccc(OC)c(Cl)c2)c1. The molecule has 0 N–H and O–H groups in total. The van der Waals surface area contributed by atoms with Crippen LogP contribution in [0.25, 0.3) is 0 Å². The maximum absolute atomic E-state index is 13.2. The van der Waals surface area contributed by atoms with E-state index in [2.05, 4.69) is 0 Å². The van der Waals surface area contributed by atoms with Gasteiger partial charge in [-0.2, -0.15) is 0 Å². The molecule has 27 heavy (non-hydrogen) atoms. The molecule has 0 radical (unpaired) electrons. The van der Waals surface area contributed by atoms with Crippen molar-refractivity contribution in [3.8, 4) is 5.75 Å². The lowest BCUT2D eigenvalue weighted by Gasteiger charge is -2.25. The first-order valence-electron chi connectivity index (χ1n) is 8.40. The number of methoxy groups -OCH3 is 1. The lowest BCUT2D eigenvalue weighted by Crippen LogP contribution is -2.31. The summed E-state index contributed by atoms with van der Waals surface area (Å²) < 4.78 is 37.7. The predicted molar refractivity (Wildman–Crippen MR) is 105 cm³/mol. The lowest BCUT2D eigenvalue weighted by atomic mass is 10.1. The van der Waals surface area contributed by atoms with Gasteiger partial charge in [0.15, 0.2) is 0 Å². The molecule has 0 saturated carbocycles. The minimum atomic E-state index is -3.89. The van der Waals surface area contributed by atoms with Gasteiger partial charge in [-0.15, -0.1) is 0 Å². The van der Waals surface area contributed by atoms with Gasteiger partial charge in [-0.25, -0.2) is 13.2 Å². The van der Waals surface area contributed by atoms with E-state index >= 15 is 0 Å². The van der Waals surface area contributed by atoms with E-state index < -0.39 is 16.0 Å². The first kappa shape index (κ1) is 21.1. The van der Waals surface area contributed by atoms with Gasteiger partial charge in [0.25, 0.3) is 10.0 Å². The van der Waals surface area contributed by atoms with Crippen LogP contribution in [0, 0.1) is 6.92 Å². The third kappa shape index (κ3) is 4.36. The van der Waals surface area contributed by atoms with Gasteiger partial charge >= 0.3 is 5.97 Å². The summed E-state index contributed by atoms with van der Waals surface area (Å²) in [6, 6.07) is 9.13. The molecule has 0 aliphatic rings. The number of hydrogen-bond acceptors (Lipinski definition) is 5. The monoisotopic (exact) mass is 411 g/mol. The number of rotatable bonds is 7. The highest BCUT2D eigenvalue weighted by atomic mass is 35.5. The second-order valence-corrected chi connectivity index (χ2v) is 7.96. The van der Waals surface area contributed by atoms with Crippen molar-refractivity contribution in [2.24, 2.45) is 0 Å². The average molecular weight is 412 g/mol. The summed E-state index contributed by atoms with van der Waals surface area (Å²) in [7, 11) is -2.43. The van der Waals surface area contributed by atoms with Crippen LogP contribution < -0.4 is 9.04 Å². The topological polar surface area (TPSA) is 72.9 Å². The van der Waals surface area contributed by atoms with Gasteiger partial charge in [-0.3, -0.25) is 4.31 Å². The van der Waals surface area contributed by atoms with E-state index in [9.17, 15) is 13.2 Å². The molecular formula is C19H22ClNO5S. The Bertz CT molecular complexity index is 943. The van der Waals surface area contributed by atoms with Crippen molar-refractivity contribution in [1.29, 1.82) is 0 Å². The molecule has 0 bridgehead atoms. The van der Waals surface area contributed by atoms with Crippen LogP contribution in [0.3, 0.4) is 0 Å². The van der Waals surface area contributed by atoms with Crippen molar-refractivity contribution in [3.05, 3.63) is 52.5 Å². The van der Waals surface area contributed by atoms with Crippen molar-refractivity contribution >= 4 is 33.3 Å². The second kappa shape index (κ2) is 8.63. The van der Waals surface area contributed by atoms with Gasteiger partial charge in [0.1, 0.15) is 5.75 Å². The number of aryl methyl sites for hydroxylation is 1. The van der Waals surface area contributed by atoms with Crippen LogP contribution in [0.2, 0.25) is 5.02 Å². The molecular weight excluding hydrogens is 390 g/mol.